The van der Waals surface area contributed by atoms with Crippen LogP contribution in [-0.2, 0) is 4.79 Å². The van der Waals surface area contributed by atoms with Crippen molar-refractivity contribution < 1.29 is 9.53 Å². The van der Waals surface area contributed by atoms with Crippen LogP contribution in [0.2, 0.25) is 5.02 Å². The first-order valence-corrected chi connectivity index (χ1v) is 11.9. The van der Waals surface area contributed by atoms with E-state index >= 15 is 0 Å². The molecule has 1 aliphatic carbocycles. The van der Waals surface area contributed by atoms with Crippen molar-refractivity contribution in [1.82, 2.24) is 0 Å². The number of amides is 1. The summed E-state index contributed by atoms with van der Waals surface area (Å²) in [5.74, 6) is 1.86. The van der Waals surface area contributed by atoms with Crippen LogP contribution in [0.5, 0.6) is 11.5 Å². The van der Waals surface area contributed by atoms with E-state index in [1.54, 1.807) is 0 Å². The Morgan fingerprint density at radius 3 is 2.47 bits per heavy atom. The van der Waals surface area contributed by atoms with Gasteiger partial charge in [-0.3, -0.25) is 4.79 Å². The van der Waals surface area contributed by atoms with E-state index < -0.39 is 0 Å². The van der Waals surface area contributed by atoms with Crippen molar-refractivity contribution in [1.29, 1.82) is 0 Å². The molecule has 1 amide bonds. The largest absolute Gasteiger partial charge is 0.455 e. The fraction of sp³-hybridized carbons (Fsp3) is 0.207. The minimum atomic E-state index is -0.0852. The molecule has 0 saturated carbocycles. The summed E-state index contributed by atoms with van der Waals surface area (Å²) in [6.45, 7) is 1.54. The maximum Gasteiger partial charge on any atom is 0.221 e. The fourth-order valence-corrected chi connectivity index (χ4v) is 4.25. The Morgan fingerprint density at radius 2 is 1.74 bits per heavy atom. The quantitative estimate of drug-likeness (QED) is 0.330. The topological polar surface area (TPSA) is 50.4 Å². The molecule has 0 bridgehead atoms. The van der Waals surface area contributed by atoms with Gasteiger partial charge in [0.15, 0.2) is 5.75 Å². The van der Waals surface area contributed by atoms with E-state index in [1.165, 1.54) is 6.92 Å². The number of hydrogen-bond acceptors (Lipinski definition) is 3. The van der Waals surface area contributed by atoms with Crippen molar-refractivity contribution in [2.75, 3.05) is 10.6 Å². The summed E-state index contributed by atoms with van der Waals surface area (Å²) in [6, 6.07) is 23.2. The molecule has 0 saturated heterocycles. The first-order chi connectivity index (χ1) is 16.6. The number of benzene rings is 3. The van der Waals surface area contributed by atoms with Crippen molar-refractivity contribution in [2.24, 2.45) is 5.92 Å². The van der Waals surface area contributed by atoms with Crippen LogP contribution in [0.1, 0.15) is 37.8 Å². The average Bonchev–Trinajstić information content (AvgIpc) is 2.85. The van der Waals surface area contributed by atoms with Crippen LogP contribution < -0.4 is 15.4 Å². The highest BCUT2D eigenvalue weighted by Gasteiger charge is 2.19. The summed E-state index contributed by atoms with van der Waals surface area (Å²) in [7, 11) is 0. The minimum absolute atomic E-state index is 0.0164. The molecule has 34 heavy (non-hydrogen) atoms. The third-order valence-corrected chi connectivity index (χ3v) is 6.05. The number of allylic oxidation sites excluding steroid dienone is 4. The molecule has 2 atom stereocenters. The lowest BCUT2D eigenvalue weighted by molar-refractivity contribution is -0.114. The number of anilines is 2. The molecule has 4 nitrogen and oxygen atoms in total. The molecule has 0 heterocycles. The fourth-order valence-electron chi connectivity index (χ4n) is 4.13. The molecule has 0 aliphatic heterocycles. The van der Waals surface area contributed by atoms with Gasteiger partial charge < -0.3 is 15.4 Å². The second-order valence-electron chi connectivity index (χ2n) is 8.40. The van der Waals surface area contributed by atoms with Gasteiger partial charge in [-0.25, -0.2) is 0 Å². The molecule has 0 spiro atoms. The van der Waals surface area contributed by atoms with Gasteiger partial charge in [-0.15, -0.1) is 0 Å². The van der Waals surface area contributed by atoms with E-state index in [1.807, 2.05) is 66.7 Å². The van der Waals surface area contributed by atoms with Crippen molar-refractivity contribution in [3.05, 3.63) is 108 Å². The van der Waals surface area contributed by atoms with Crippen molar-refractivity contribution in [3.63, 3.8) is 0 Å². The smallest absolute Gasteiger partial charge is 0.221 e. The highest BCUT2D eigenvalue weighted by molar-refractivity contribution is 6.30. The standard InChI is InChI=1S/C29H29ClN2O2/c1-21(33)31-26-12-6-5-11-25(26)27(20-15-22-9-3-2-4-10-22)32-28-13-7-8-14-29(28)34-24-18-16-23(30)17-19-24/h2-9,11-14,16-19,22,27,32H,10,15,20H2,1H3,(H,31,33). The van der Waals surface area contributed by atoms with Crippen LogP contribution in [0, 0.1) is 5.92 Å². The lowest BCUT2D eigenvalue weighted by Crippen LogP contribution is -2.17. The van der Waals surface area contributed by atoms with Crippen LogP contribution in [-0.4, -0.2) is 5.91 Å². The lowest BCUT2D eigenvalue weighted by atomic mass is 9.91. The molecule has 3 aromatic rings. The minimum Gasteiger partial charge on any atom is -0.455 e. The Hall–Kier alpha value is -3.50. The molecule has 0 fully saturated rings. The normalized spacial score (nSPS) is 15.5. The number of para-hydroxylation sites is 3. The third kappa shape index (κ3) is 6.52. The van der Waals surface area contributed by atoms with Gasteiger partial charge in [0.1, 0.15) is 5.75 Å². The first kappa shape index (κ1) is 23.7. The van der Waals surface area contributed by atoms with Crippen LogP contribution in [0.15, 0.2) is 97.1 Å². The molecule has 3 aromatic carbocycles. The summed E-state index contributed by atoms with van der Waals surface area (Å²) >= 11 is 6.03. The second kappa shape index (κ2) is 11.6. The van der Waals surface area contributed by atoms with Crippen LogP contribution in [0.3, 0.4) is 0 Å². The van der Waals surface area contributed by atoms with Gasteiger partial charge in [-0.1, -0.05) is 66.2 Å². The van der Waals surface area contributed by atoms with Crippen molar-refractivity contribution >= 4 is 28.9 Å². The van der Waals surface area contributed by atoms with Gasteiger partial charge in [0.25, 0.3) is 0 Å². The van der Waals surface area contributed by atoms with E-state index in [-0.39, 0.29) is 11.9 Å². The highest BCUT2D eigenvalue weighted by Crippen LogP contribution is 2.36. The second-order valence-corrected chi connectivity index (χ2v) is 8.84. The summed E-state index contributed by atoms with van der Waals surface area (Å²) < 4.78 is 6.18. The lowest BCUT2D eigenvalue weighted by Gasteiger charge is -2.26. The maximum absolute atomic E-state index is 11.9. The molecule has 1 aliphatic rings. The Kier molecular flexibility index (Phi) is 8.05. The Morgan fingerprint density at radius 1 is 1.00 bits per heavy atom. The predicted molar refractivity (Wildman–Crippen MR) is 141 cm³/mol. The summed E-state index contributed by atoms with van der Waals surface area (Å²) in [5.41, 5.74) is 2.76. The van der Waals surface area contributed by atoms with E-state index in [4.69, 9.17) is 16.3 Å². The zero-order valence-corrected chi connectivity index (χ0v) is 20.0. The SMILES string of the molecule is CC(=O)Nc1ccccc1C(CCC1C=CC=CC1)Nc1ccccc1Oc1ccc(Cl)cc1. The zero-order chi connectivity index (χ0) is 23.8. The van der Waals surface area contributed by atoms with Crippen molar-refractivity contribution in [3.8, 4) is 11.5 Å². The highest BCUT2D eigenvalue weighted by atomic mass is 35.5. The number of carbonyl (C=O) groups is 1. The molecular weight excluding hydrogens is 444 g/mol. The van der Waals surface area contributed by atoms with Gasteiger partial charge in [0.2, 0.25) is 5.91 Å². The van der Waals surface area contributed by atoms with Gasteiger partial charge in [0, 0.05) is 17.6 Å². The zero-order valence-electron chi connectivity index (χ0n) is 19.2. The number of ether oxygens (including phenoxy) is 1. The molecular formula is C29H29ClN2O2. The van der Waals surface area contributed by atoms with E-state index in [9.17, 15) is 4.79 Å². The van der Waals surface area contributed by atoms with Crippen LogP contribution in [0.4, 0.5) is 11.4 Å². The Balaban J connectivity index is 1.61. The molecule has 2 N–H and O–H groups in total. The number of hydrogen-bond donors (Lipinski definition) is 2. The number of halogens is 1. The third-order valence-electron chi connectivity index (χ3n) is 5.80. The van der Waals surface area contributed by atoms with E-state index in [0.717, 1.165) is 42.0 Å². The van der Waals surface area contributed by atoms with Gasteiger partial charge in [-0.2, -0.15) is 0 Å². The monoisotopic (exact) mass is 472 g/mol. The number of nitrogens with one attached hydrogen (secondary N) is 2. The van der Waals surface area contributed by atoms with Gasteiger partial charge >= 0.3 is 0 Å². The molecule has 174 valence electrons. The van der Waals surface area contributed by atoms with Crippen LogP contribution >= 0.6 is 11.6 Å². The average molecular weight is 473 g/mol. The first-order valence-electron chi connectivity index (χ1n) is 11.6. The molecule has 0 radical (unpaired) electrons. The number of carbonyl (C=O) groups excluding carboxylic acids is 1. The molecule has 0 aromatic heterocycles. The Bertz CT molecular complexity index is 1170. The Labute approximate surface area is 206 Å². The molecule has 2 unspecified atom stereocenters. The summed E-state index contributed by atoms with van der Waals surface area (Å²) in [5, 5.41) is 7.36. The summed E-state index contributed by atoms with van der Waals surface area (Å²) in [6.07, 6.45) is 11.7. The number of rotatable bonds is 9. The van der Waals surface area contributed by atoms with E-state index in [2.05, 4.69) is 41.0 Å². The van der Waals surface area contributed by atoms with Crippen LogP contribution in [0.25, 0.3) is 0 Å². The van der Waals surface area contributed by atoms with Gasteiger partial charge in [0.05, 0.1) is 11.7 Å². The molecule has 5 heteroatoms. The molecule has 4 rings (SSSR count). The van der Waals surface area contributed by atoms with Gasteiger partial charge in [-0.05, 0) is 73.2 Å². The predicted octanol–water partition coefficient (Wildman–Crippen LogP) is 8.16. The van der Waals surface area contributed by atoms with E-state index in [0.29, 0.717) is 16.7 Å². The summed E-state index contributed by atoms with van der Waals surface area (Å²) in [4.78, 5) is 11.9. The maximum atomic E-state index is 11.9. The van der Waals surface area contributed by atoms with Crippen molar-refractivity contribution in [2.45, 2.75) is 32.2 Å².